The summed E-state index contributed by atoms with van der Waals surface area (Å²) in [5.41, 5.74) is 2.71. The maximum atomic E-state index is 13.9. The molecule has 196 valence electrons. The molecule has 0 heterocycles. The molecular weight excluding hydrogens is 578 g/mol. The van der Waals surface area contributed by atoms with Crippen molar-refractivity contribution in [1.82, 2.24) is 10.2 Å². The number of carbonyl (C=O) groups is 2. The third kappa shape index (κ3) is 7.80. The second-order valence-electron chi connectivity index (χ2n) is 8.67. The smallest absolute Gasteiger partial charge is 0.244 e. The highest BCUT2D eigenvalue weighted by molar-refractivity contribution is 9.10. The van der Waals surface area contributed by atoms with Gasteiger partial charge in [-0.1, -0.05) is 76.1 Å². The van der Waals surface area contributed by atoms with Gasteiger partial charge in [0.25, 0.3) is 0 Å². The van der Waals surface area contributed by atoms with Crippen molar-refractivity contribution in [2.24, 2.45) is 0 Å². The molecule has 0 fully saturated rings. The predicted molar refractivity (Wildman–Crippen MR) is 151 cm³/mol. The maximum absolute atomic E-state index is 13.9. The van der Waals surface area contributed by atoms with Crippen LogP contribution in [0.25, 0.3) is 0 Å². The lowest BCUT2D eigenvalue weighted by atomic mass is 10.0. The lowest BCUT2D eigenvalue weighted by molar-refractivity contribution is -0.139. The summed E-state index contributed by atoms with van der Waals surface area (Å²) in [5, 5.41) is 3.04. The van der Waals surface area contributed by atoms with E-state index in [4.69, 9.17) is 11.6 Å². The summed E-state index contributed by atoms with van der Waals surface area (Å²) in [6.07, 6.45) is 1.29. The van der Waals surface area contributed by atoms with Gasteiger partial charge >= 0.3 is 0 Å². The van der Waals surface area contributed by atoms with Crippen molar-refractivity contribution in [3.8, 4) is 0 Å². The number of carbonyl (C=O) groups excluding carboxylic acids is 2. The molecule has 37 heavy (non-hydrogen) atoms. The molecule has 1 atom stereocenters. The summed E-state index contributed by atoms with van der Waals surface area (Å²) in [6, 6.07) is 20.7. The van der Waals surface area contributed by atoms with E-state index in [1.807, 2.05) is 54.6 Å². The van der Waals surface area contributed by atoms with E-state index in [-0.39, 0.29) is 24.6 Å². The molecule has 0 aliphatic rings. The molecule has 2 amide bonds. The molecule has 0 aromatic heterocycles. The zero-order chi connectivity index (χ0) is 27.2. The largest absolute Gasteiger partial charge is 0.357 e. The zero-order valence-electron chi connectivity index (χ0n) is 20.8. The van der Waals surface area contributed by atoms with Crippen LogP contribution < -0.4 is 9.62 Å². The van der Waals surface area contributed by atoms with E-state index in [0.717, 1.165) is 31.7 Å². The monoisotopic (exact) mass is 605 g/mol. The van der Waals surface area contributed by atoms with Gasteiger partial charge in [-0.15, -0.1) is 0 Å². The second-order valence-corrected chi connectivity index (χ2v) is 11.9. The van der Waals surface area contributed by atoms with E-state index < -0.39 is 28.5 Å². The lowest BCUT2D eigenvalue weighted by Crippen LogP contribution is -2.52. The van der Waals surface area contributed by atoms with E-state index in [1.165, 1.54) is 18.0 Å². The molecule has 0 radical (unpaired) electrons. The number of nitrogens with zero attached hydrogens (tertiary/aromatic N) is 2. The molecule has 0 aliphatic carbocycles. The van der Waals surface area contributed by atoms with Crippen LogP contribution in [-0.4, -0.2) is 51.0 Å². The van der Waals surface area contributed by atoms with Gasteiger partial charge in [0.05, 0.1) is 11.9 Å². The SMILES string of the molecule is CNC(=O)[C@@H](Cc1ccccc1)N(Cc1cccc(Br)c1)C(=O)CN(c1ccc(C)c(Cl)c1)S(C)(=O)=O. The van der Waals surface area contributed by atoms with Crippen LogP contribution in [0.15, 0.2) is 77.3 Å². The number of nitrogens with one attached hydrogen (secondary N) is 1. The molecule has 0 saturated heterocycles. The maximum Gasteiger partial charge on any atom is 0.244 e. The summed E-state index contributed by atoms with van der Waals surface area (Å²) in [5.74, 6) is -0.872. The minimum absolute atomic E-state index is 0.107. The van der Waals surface area contributed by atoms with Gasteiger partial charge < -0.3 is 10.2 Å². The highest BCUT2D eigenvalue weighted by atomic mass is 79.9. The van der Waals surface area contributed by atoms with Crippen molar-refractivity contribution >= 4 is 55.1 Å². The third-order valence-electron chi connectivity index (χ3n) is 5.88. The van der Waals surface area contributed by atoms with Crippen molar-refractivity contribution in [3.05, 3.63) is 99.0 Å². The van der Waals surface area contributed by atoms with Gasteiger partial charge in [0, 0.05) is 29.5 Å². The first-order valence-electron chi connectivity index (χ1n) is 11.5. The number of hydrogen-bond acceptors (Lipinski definition) is 4. The Morgan fingerprint density at radius 2 is 1.68 bits per heavy atom. The van der Waals surface area contributed by atoms with E-state index >= 15 is 0 Å². The van der Waals surface area contributed by atoms with Gasteiger partial charge in [0.1, 0.15) is 12.6 Å². The van der Waals surface area contributed by atoms with Gasteiger partial charge in [-0.2, -0.15) is 0 Å². The lowest BCUT2D eigenvalue weighted by Gasteiger charge is -2.33. The van der Waals surface area contributed by atoms with Crippen LogP contribution in [0, 0.1) is 6.92 Å². The minimum Gasteiger partial charge on any atom is -0.357 e. The molecule has 0 spiro atoms. The van der Waals surface area contributed by atoms with Crippen molar-refractivity contribution < 1.29 is 18.0 Å². The Kier molecular flexibility index (Phi) is 9.75. The van der Waals surface area contributed by atoms with Crippen LogP contribution in [0.4, 0.5) is 5.69 Å². The van der Waals surface area contributed by atoms with Gasteiger partial charge in [0.15, 0.2) is 0 Å². The molecule has 3 aromatic carbocycles. The highest BCUT2D eigenvalue weighted by Gasteiger charge is 2.32. The number of aryl methyl sites for hydroxylation is 1. The summed E-state index contributed by atoms with van der Waals surface area (Å²) in [4.78, 5) is 28.4. The highest BCUT2D eigenvalue weighted by Crippen LogP contribution is 2.26. The Bertz CT molecular complexity index is 1370. The number of amides is 2. The normalized spacial score (nSPS) is 12.0. The van der Waals surface area contributed by atoms with E-state index in [0.29, 0.717) is 5.02 Å². The Labute approximate surface area is 231 Å². The Hall–Kier alpha value is -2.88. The second kappa shape index (κ2) is 12.6. The Morgan fingerprint density at radius 1 is 1.00 bits per heavy atom. The predicted octanol–water partition coefficient (Wildman–Crippen LogP) is 4.56. The summed E-state index contributed by atoms with van der Waals surface area (Å²) < 4.78 is 27.4. The number of halogens is 2. The third-order valence-corrected chi connectivity index (χ3v) is 7.92. The van der Waals surface area contributed by atoms with E-state index in [2.05, 4.69) is 21.2 Å². The van der Waals surface area contributed by atoms with Crippen LogP contribution in [0.1, 0.15) is 16.7 Å². The molecular formula is C27H29BrClN3O4S. The van der Waals surface area contributed by atoms with Crippen molar-refractivity contribution in [1.29, 1.82) is 0 Å². The van der Waals surface area contributed by atoms with E-state index in [1.54, 1.807) is 19.1 Å². The van der Waals surface area contributed by atoms with Crippen molar-refractivity contribution in [2.75, 3.05) is 24.2 Å². The average Bonchev–Trinajstić information content (AvgIpc) is 2.86. The van der Waals surface area contributed by atoms with Crippen LogP contribution in [-0.2, 0) is 32.6 Å². The summed E-state index contributed by atoms with van der Waals surface area (Å²) in [6.45, 7) is 1.42. The number of benzene rings is 3. The number of likely N-dealkylation sites (N-methyl/N-ethyl adjacent to an activating group) is 1. The van der Waals surface area contributed by atoms with Gasteiger partial charge in [-0.25, -0.2) is 8.42 Å². The van der Waals surface area contributed by atoms with Crippen LogP contribution in [0.3, 0.4) is 0 Å². The van der Waals surface area contributed by atoms with E-state index in [9.17, 15) is 18.0 Å². The number of rotatable bonds is 10. The molecule has 3 aromatic rings. The number of hydrogen-bond donors (Lipinski definition) is 1. The van der Waals surface area contributed by atoms with Crippen molar-refractivity contribution in [2.45, 2.75) is 25.9 Å². The molecule has 0 unspecified atom stereocenters. The first-order chi connectivity index (χ1) is 17.5. The number of anilines is 1. The van der Waals surface area contributed by atoms with Crippen LogP contribution in [0.5, 0.6) is 0 Å². The molecule has 0 aliphatic heterocycles. The topological polar surface area (TPSA) is 86.8 Å². The fraction of sp³-hybridized carbons (Fsp3) is 0.259. The van der Waals surface area contributed by atoms with Crippen LogP contribution >= 0.6 is 27.5 Å². The first-order valence-corrected chi connectivity index (χ1v) is 14.5. The fourth-order valence-corrected chi connectivity index (χ4v) is 5.37. The summed E-state index contributed by atoms with van der Waals surface area (Å²) >= 11 is 9.71. The summed E-state index contributed by atoms with van der Waals surface area (Å²) in [7, 11) is -2.33. The molecule has 3 rings (SSSR count). The zero-order valence-corrected chi connectivity index (χ0v) is 24.0. The quantitative estimate of drug-likeness (QED) is 0.367. The van der Waals surface area contributed by atoms with Crippen LogP contribution in [0.2, 0.25) is 5.02 Å². The first kappa shape index (κ1) is 28.7. The average molecular weight is 607 g/mol. The molecule has 10 heteroatoms. The van der Waals surface area contributed by atoms with Crippen molar-refractivity contribution in [3.63, 3.8) is 0 Å². The fourth-order valence-electron chi connectivity index (χ4n) is 3.90. The van der Waals surface area contributed by atoms with Gasteiger partial charge in [-0.05, 0) is 47.9 Å². The number of sulfonamides is 1. The Balaban J connectivity index is 2.04. The van der Waals surface area contributed by atoms with Gasteiger partial charge in [0.2, 0.25) is 21.8 Å². The molecule has 1 N–H and O–H groups in total. The minimum atomic E-state index is -3.85. The van der Waals surface area contributed by atoms with Gasteiger partial charge in [-0.3, -0.25) is 13.9 Å². The molecule has 7 nitrogen and oxygen atoms in total. The molecule has 0 bridgehead atoms. The molecule has 0 saturated carbocycles. The standard InChI is InChI=1S/C27H29BrClN3O4S/c1-19-12-13-23(16-24(19)29)32(37(3,35)36)18-26(33)31(17-21-10-7-11-22(28)14-21)25(27(34)30-2)15-20-8-5-4-6-9-20/h4-14,16,25H,15,17-18H2,1-3H3,(H,30,34)/t25-/m1/s1. The Morgan fingerprint density at radius 3 is 2.27 bits per heavy atom.